The Balaban J connectivity index is 1.28. The Morgan fingerprint density at radius 1 is 1.03 bits per heavy atom. The summed E-state index contributed by atoms with van der Waals surface area (Å²) in [5, 5.41) is 2.83. The minimum absolute atomic E-state index is 0.0250. The zero-order valence-corrected chi connectivity index (χ0v) is 19.9. The molecule has 5 rings (SSSR count). The second kappa shape index (κ2) is 10.1. The second-order valence-electron chi connectivity index (χ2n) is 9.78. The summed E-state index contributed by atoms with van der Waals surface area (Å²) in [6.07, 6.45) is 3.41. The summed E-state index contributed by atoms with van der Waals surface area (Å²) >= 11 is 0. The van der Waals surface area contributed by atoms with E-state index in [1.54, 1.807) is 0 Å². The summed E-state index contributed by atoms with van der Waals surface area (Å²) in [6, 6.07) is 0. The van der Waals surface area contributed by atoms with Crippen LogP contribution in [-0.2, 0) is 24.2 Å². The number of rotatable bonds is 7. The number of fused-ring (bicyclic) bond motifs is 1. The van der Waals surface area contributed by atoms with Gasteiger partial charge in [-0.15, -0.1) is 0 Å². The summed E-state index contributed by atoms with van der Waals surface area (Å²) in [7, 11) is 0. The highest BCUT2D eigenvalue weighted by Gasteiger charge is 2.31. The zero-order valence-electron chi connectivity index (χ0n) is 19.9. The lowest BCUT2D eigenvalue weighted by Crippen LogP contribution is -2.36. The number of alkyl halides is 3. The quantitative estimate of drug-likeness (QED) is 0.639. The van der Waals surface area contributed by atoms with Crippen molar-refractivity contribution in [3.8, 4) is 0 Å². The number of amides is 1. The molecule has 0 saturated carbocycles. The number of nitrogens with one attached hydrogen (secondary N) is 1. The van der Waals surface area contributed by atoms with Gasteiger partial charge in [-0.1, -0.05) is 0 Å². The van der Waals surface area contributed by atoms with Gasteiger partial charge in [-0.05, 0) is 51.6 Å². The van der Waals surface area contributed by atoms with Crippen LogP contribution >= 0.6 is 0 Å². The number of aryl methyl sites for hydroxylation is 1. The highest BCUT2D eigenvalue weighted by molar-refractivity contribution is 5.93. The molecule has 2 saturated heterocycles. The molecule has 0 aliphatic carbocycles. The van der Waals surface area contributed by atoms with Crippen molar-refractivity contribution >= 4 is 17.5 Å². The first kappa shape index (κ1) is 24.0. The Morgan fingerprint density at radius 3 is 2.54 bits per heavy atom. The van der Waals surface area contributed by atoms with Crippen LogP contribution in [0.5, 0.6) is 0 Å². The molecule has 5 heterocycles. The van der Waals surface area contributed by atoms with Crippen molar-refractivity contribution in [1.82, 2.24) is 24.4 Å². The van der Waals surface area contributed by atoms with Crippen molar-refractivity contribution in [3.63, 3.8) is 0 Å². The molecule has 2 fully saturated rings. The molecule has 3 aliphatic rings. The van der Waals surface area contributed by atoms with Gasteiger partial charge in [0.05, 0.1) is 5.69 Å². The van der Waals surface area contributed by atoms with E-state index in [0.717, 1.165) is 69.3 Å². The molecule has 0 aromatic carbocycles. The molecule has 11 heteroatoms. The van der Waals surface area contributed by atoms with E-state index in [2.05, 4.69) is 29.7 Å². The maximum atomic E-state index is 12.8. The van der Waals surface area contributed by atoms with Gasteiger partial charge in [0.2, 0.25) is 5.91 Å². The maximum absolute atomic E-state index is 12.8. The van der Waals surface area contributed by atoms with Crippen LogP contribution in [0, 0.1) is 0 Å². The molecule has 0 atom stereocenters. The maximum Gasteiger partial charge on any atom is 0.389 e. The Labute approximate surface area is 202 Å². The Kier molecular flexibility index (Phi) is 6.95. The summed E-state index contributed by atoms with van der Waals surface area (Å²) in [5.41, 5.74) is 1.51. The standard InChI is InChI=1S/C24H32F3N7O/c25-24(26,27)8-5-18-15-34(14-13-32-9-1-2-10-32)22(30-18)17-6-11-33(12-7-17)23-19-3-4-20(35)31-21(19)28-16-29-23/h15-17H,1-14H2,(H,28,29,31,35). The van der Waals surface area contributed by atoms with Crippen LogP contribution in [0.2, 0.25) is 0 Å². The minimum atomic E-state index is -4.18. The Morgan fingerprint density at radius 2 is 1.80 bits per heavy atom. The second-order valence-corrected chi connectivity index (χ2v) is 9.78. The summed E-state index contributed by atoms with van der Waals surface area (Å²) < 4.78 is 40.6. The molecule has 35 heavy (non-hydrogen) atoms. The molecule has 3 aliphatic heterocycles. The van der Waals surface area contributed by atoms with Gasteiger partial charge < -0.3 is 19.7 Å². The van der Waals surface area contributed by atoms with Gasteiger partial charge in [0, 0.05) is 56.7 Å². The Bertz CT molecular complexity index is 1040. The molecule has 0 bridgehead atoms. The van der Waals surface area contributed by atoms with Crippen molar-refractivity contribution in [1.29, 1.82) is 0 Å². The molecule has 8 nitrogen and oxygen atoms in total. The molecule has 2 aromatic heterocycles. The third-order valence-corrected chi connectivity index (χ3v) is 7.32. The number of carbonyl (C=O) groups is 1. The van der Waals surface area contributed by atoms with Crippen LogP contribution in [0.3, 0.4) is 0 Å². The van der Waals surface area contributed by atoms with Crippen LogP contribution < -0.4 is 10.2 Å². The van der Waals surface area contributed by atoms with E-state index in [-0.39, 0.29) is 18.2 Å². The average Bonchev–Trinajstić information content (AvgIpc) is 3.50. The molecular weight excluding hydrogens is 459 g/mol. The number of likely N-dealkylation sites (tertiary alicyclic amines) is 1. The van der Waals surface area contributed by atoms with Gasteiger partial charge in [-0.2, -0.15) is 13.2 Å². The molecular formula is C24H32F3N7O. The number of anilines is 2. The van der Waals surface area contributed by atoms with Gasteiger partial charge in [-0.3, -0.25) is 4.79 Å². The number of nitrogens with zero attached hydrogens (tertiary/aromatic N) is 6. The number of piperidine rings is 1. The summed E-state index contributed by atoms with van der Waals surface area (Å²) in [6.45, 7) is 5.39. The third-order valence-electron chi connectivity index (χ3n) is 7.32. The van der Waals surface area contributed by atoms with Crippen LogP contribution in [0.15, 0.2) is 12.5 Å². The van der Waals surface area contributed by atoms with E-state index in [1.165, 1.54) is 19.2 Å². The van der Waals surface area contributed by atoms with E-state index in [1.807, 2.05) is 6.20 Å². The highest BCUT2D eigenvalue weighted by atomic mass is 19.4. The predicted octanol–water partition coefficient (Wildman–Crippen LogP) is 3.53. The number of hydrogen-bond acceptors (Lipinski definition) is 6. The van der Waals surface area contributed by atoms with Crippen LogP contribution in [0.1, 0.15) is 61.5 Å². The van der Waals surface area contributed by atoms with Crippen molar-refractivity contribution in [2.45, 2.75) is 70.0 Å². The molecule has 0 unspecified atom stereocenters. The zero-order chi connectivity index (χ0) is 24.4. The number of imidazole rings is 1. The van der Waals surface area contributed by atoms with Gasteiger partial charge in [-0.25, -0.2) is 15.0 Å². The largest absolute Gasteiger partial charge is 0.389 e. The van der Waals surface area contributed by atoms with E-state index in [4.69, 9.17) is 4.98 Å². The third kappa shape index (κ3) is 5.76. The topological polar surface area (TPSA) is 79.2 Å². The summed E-state index contributed by atoms with van der Waals surface area (Å²) in [5.74, 6) is 2.56. The first-order valence-electron chi connectivity index (χ1n) is 12.6. The molecule has 1 amide bonds. The van der Waals surface area contributed by atoms with Gasteiger partial charge in [0.15, 0.2) is 0 Å². The SMILES string of the molecule is O=C1CCc2c(ncnc2N2CCC(c3nc(CCC(F)(F)F)cn3CCN3CCCC3)CC2)N1. The first-order chi connectivity index (χ1) is 16.9. The number of carbonyl (C=O) groups excluding carboxylic acids is 1. The fourth-order valence-corrected chi connectivity index (χ4v) is 5.43. The van der Waals surface area contributed by atoms with E-state index in [0.29, 0.717) is 24.4 Å². The van der Waals surface area contributed by atoms with Crippen molar-refractivity contribution in [3.05, 3.63) is 29.6 Å². The summed E-state index contributed by atoms with van der Waals surface area (Å²) in [4.78, 5) is 29.8. The lowest BCUT2D eigenvalue weighted by atomic mass is 9.95. The van der Waals surface area contributed by atoms with Gasteiger partial charge >= 0.3 is 6.18 Å². The number of halogens is 3. The fourth-order valence-electron chi connectivity index (χ4n) is 5.43. The van der Waals surface area contributed by atoms with E-state index in [9.17, 15) is 18.0 Å². The molecule has 2 aromatic rings. The van der Waals surface area contributed by atoms with E-state index >= 15 is 0 Å². The van der Waals surface area contributed by atoms with Crippen LogP contribution in [0.25, 0.3) is 0 Å². The van der Waals surface area contributed by atoms with Crippen molar-refractivity contribution in [2.75, 3.05) is 42.9 Å². The van der Waals surface area contributed by atoms with Crippen molar-refractivity contribution < 1.29 is 18.0 Å². The number of aromatic nitrogens is 4. The van der Waals surface area contributed by atoms with E-state index < -0.39 is 12.6 Å². The average molecular weight is 492 g/mol. The van der Waals surface area contributed by atoms with Crippen molar-refractivity contribution in [2.24, 2.45) is 0 Å². The molecule has 190 valence electrons. The van der Waals surface area contributed by atoms with Crippen LogP contribution in [-0.4, -0.2) is 69.2 Å². The fraction of sp³-hybridized carbons (Fsp3) is 0.667. The monoisotopic (exact) mass is 491 g/mol. The lowest BCUT2D eigenvalue weighted by molar-refractivity contribution is -0.134. The normalized spacial score (nSPS) is 19.7. The predicted molar refractivity (Wildman–Crippen MR) is 125 cm³/mol. The first-order valence-corrected chi connectivity index (χ1v) is 12.6. The van der Waals surface area contributed by atoms with Crippen LogP contribution in [0.4, 0.5) is 24.8 Å². The molecule has 0 spiro atoms. The molecule has 0 radical (unpaired) electrons. The van der Waals surface area contributed by atoms with Gasteiger partial charge in [0.25, 0.3) is 0 Å². The van der Waals surface area contributed by atoms with Gasteiger partial charge in [0.1, 0.15) is 23.8 Å². The highest BCUT2D eigenvalue weighted by Crippen LogP contribution is 2.34. The number of hydrogen-bond donors (Lipinski definition) is 1. The Hall–Kier alpha value is -2.69. The molecule has 1 N–H and O–H groups in total. The minimum Gasteiger partial charge on any atom is -0.356 e. The lowest BCUT2D eigenvalue weighted by Gasteiger charge is -2.34. The smallest absolute Gasteiger partial charge is 0.356 e.